The van der Waals surface area contributed by atoms with Gasteiger partial charge in [0, 0.05) is 61.8 Å². The summed E-state index contributed by atoms with van der Waals surface area (Å²) in [7, 11) is -3.59. The molecule has 4 rings (SSSR count). The zero-order valence-electron chi connectivity index (χ0n) is 16.7. The predicted molar refractivity (Wildman–Crippen MR) is 119 cm³/mol. The van der Waals surface area contributed by atoms with E-state index in [1.54, 1.807) is 36.7 Å². The van der Waals surface area contributed by atoms with Crippen LogP contribution in [0.15, 0.2) is 58.2 Å². The Hall–Kier alpha value is -1.97. The smallest absolute Gasteiger partial charge is 0.243 e. The van der Waals surface area contributed by atoms with Crippen molar-refractivity contribution >= 4 is 37.5 Å². The van der Waals surface area contributed by atoms with E-state index in [9.17, 15) is 13.2 Å². The molecule has 1 aromatic carbocycles. The summed E-state index contributed by atoms with van der Waals surface area (Å²) in [5.74, 6) is -0.212. The highest BCUT2D eigenvalue weighted by Crippen LogP contribution is 2.26. The summed E-state index contributed by atoms with van der Waals surface area (Å²) in [5.41, 5.74) is 1.11. The van der Waals surface area contributed by atoms with E-state index in [-0.39, 0.29) is 23.3 Å². The lowest BCUT2D eigenvalue weighted by Gasteiger charge is -2.39. The van der Waals surface area contributed by atoms with Gasteiger partial charge in [-0.15, -0.1) is 0 Å². The number of piperidine rings is 1. The zero-order valence-corrected chi connectivity index (χ0v) is 19.1. The topological polar surface area (TPSA) is 73.8 Å². The van der Waals surface area contributed by atoms with Crippen LogP contribution in [-0.2, 0) is 14.8 Å². The van der Waals surface area contributed by atoms with E-state index in [0.29, 0.717) is 26.1 Å². The summed E-state index contributed by atoms with van der Waals surface area (Å²) in [6.07, 6.45) is 4.98. The Balaban J connectivity index is 1.39. The van der Waals surface area contributed by atoms with E-state index in [1.807, 2.05) is 17.0 Å². The molecule has 3 heterocycles. The molecular weight excluding hydrogens is 468 g/mol. The number of amides is 1. The van der Waals surface area contributed by atoms with E-state index in [2.05, 4.69) is 25.8 Å². The largest absolute Gasteiger partial charge is 0.368 e. The van der Waals surface area contributed by atoms with Crippen molar-refractivity contribution in [2.45, 2.75) is 17.7 Å². The maximum absolute atomic E-state index is 13.1. The molecule has 0 bridgehead atoms. The first-order valence-electron chi connectivity index (χ1n) is 10.1. The lowest BCUT2D eigenvalue weighted by molar-refractivity contribution is -0.137. The van der Waals surface area contributed by atoms with Crippen LogP contribution in [0.25, 0.3) is 0 Å². The molecule has 30 heavy (non-hydrogen) atoms. The first-order chi connectivity index (χ1) is 14.4. The number of carbonyl (C=O) groups is 1. The number of rotatable bonds is 4. The number of benzene rings is 1. The third-order valence-electron chi connectivity index (χ3n) is 5.80. The summed E-state index contributed by atoms with van der Waals surface area (Å²) in [6, 6.07) is 10.6. The van der Waals surface area contributed by atoms with Gasteiger partial charge in [0.25, 0.3) is 0 Å². The number of pyridine rings is 1. The molecule has 2 saturated heterocycles. The molecule has 1 aromatic heterocycles. The standard InChI is InChI=1S/C21H25BrN4O3S/c22-18-3-5-20(6-4-18)30(28,29)26-11-1-2-17(16-26)21(27)25-14-12-24(13-15-25)19-7-9-23-10-8-19/h3-10,17H,1-2,11-16H2. The highest BCUT2D eigenvalue weighted by atomic mass is 79.9. The van der Waals surface area contributed by atoms with Crippen LogP contribution >= 0.6 is 15.9 Å². The molecule has 2 aliphatic rings. The normalized spacial score (nSPS) is 20.9. The lowest BCUT2D eigenvalue weighted by atomic mass is 9.97. The van der Waals surface area contributed by atoms with Crippen LogP contribution in [-0.4, -0.2) is 67.8 Å². The second kappa shape index (κ2) is 9.03. The minimum Gasteiger partial charge on any atom is -0.368 e. The van der Waals surface area contributed by atoms with Crippen LogP contribution in [0.3, 0.4) is 0 Å². The molecule has 2 fully saturated rings. The van der Waals surface area contributed by atoms with Crippen molar-refractivity contribution in [2.75, 3.05) is 44.2 Å². The number of aromatic nitrogens is 1. The molecule has 9 heteroatoms. The fourth-order valence-electron chi connectivity index (χ4n) is 4.12. The molecule has 2 aromatic rings. The van der Waals surface area contributed by atoms with Gasteiger partial charge < -0.3 is 9.80 Å². The molecule has 7 nitrogen and oxygen atoms in total. The fraction of sp³-hybridized carbons (Fsp3) is 0.429. The Morgan fingerprint density at radius 2 is 1.63 bits per heavy atom. The average molecular weight is 493 g/mol. The number of sulfonamides is 1. The quantitative estimate of drug-likeness (QED) is 0.655. The molecule has 1 amide bonds. The molecule has 1 unspecified atom stereocenters. The van der Waals surface area contributed by atoms with Crippen molar-refractivity contribution in [1.29, 1.82) is 0 Å². The number of nitrogens with zero attached hydrogens (tertiary/aromatic N) is 4. The minimum atomic E-state index is -3.59. The summed E-state index contributed by atoms with van der Waals surface area (Å²) in [4.78, 5) is 21.6. The number of carbonyl (C=O) groups excluding carboxylic acids is 1. The molecule has 160 valence electrons. The summed E-state index contributed by atoms with van der Waals surface area (Å²) >= 11 is 3.33. The van der Waals surface area contributed by atoms with E-state index in [1.165, 1.54) is 4.31 Å². The Morgan fingerprint density at radius 1 is 0.967 bits per heavy atom. The van der Waals surface area contributed by atoms with Crippen LogP contribution in [0, 0.1) is 5.92 Å². The van der Waals surface area contributed by atoms with E-state index >= 15 is 0 Å². The van der Waals surface area contributed by atoms with Crippen LogP contribution in [0.5, 0.6) is 0 Å². The molecule has 0 radical (unpaired) electrons. The van der Waals surface area contributed by atoms with Gasteiger partial charge in [0.05, 0.1) is 10.8 Å². The second-order valence-electron chi connectivity index (χ2n) is 7.67. The van der Waals surface area contributed by atoms with Crippen LogP contribution < -0.4 is 4.90 Å². The zero-order chi connectivity index (χ0) is 21.1. The van der Waals surface area contributed by atoms with Crippen LogP contribution in [0.2, 0.25) is 0 Å². The second-order valence-corrected chi connectivity index (χ2v) is 10.5. The lowest BCUT2D eigenvalue weighted by Crippen LogP contribution is -2.53. The average Bonchev–Trinajstić information content (AvgIpc) is 2.80. The fourth-order valence-corrected chi connectivity index (χ4v) is 5.90. The number of hydrogen-bond acceptors (Lipinski definition) is 5. The van der Waals surface area contributed by atoms with Gasteiger partial charge >= 0.3 is 0 Å². The molecule has 0 spiro atoms. The third kappa shape index (κ3) is 4.53. The van der Waals surface area contributed by atoms with Crippen LogP contribution in [0.4, 0.5) is 5.69 Å². The Morgan fingerprint density at radius 3 is 2.30 bits per heavy atom. The Bertz CT molecular complexity index is 977. The summed E-state index contributed by atoms with van der Waals surface area (Å²) in [6.45, 7) is 3.54. The van der Waals surface area contributed by atoms with Crippen molar-refractivity contribution in [2.24, 2.45) is 5.92 Å². The van der Waals surface area contributed by atoms with Gasteiger partial charge in [0.2, 0.25) is 15.9 Å². The molecule has 1 atom stereocenters. The van der Waals surface area contributed by atoms with Gasteiger partial charge in [0.1, 0.15) is 0 Å². The Kier molecular flexibility index (Phi) is 6.40. The van der Waals surface area contributed by atoms with E-state index in [4.69, 9.17) is 0 Å². The van der Waals surface area contributed by atoms with Gasteiger partial charge in [-0.1, -0.05) is 15.9 Å². The number of anilines is 1. The molecule has 2 aliphatic heterocycles. The highest BCUT2D eigenvalue weighted by Gasteiger charge is 2.35. The van der Waals surface area contributed by atoms with Gasteiger partial charge in [-0.05, 0) is 49.2 Å². The number of piperazine rings is 1. The predicted octanol–water partition coefficient (Wildman–Crippen LogP) is 2.59. The number of halogens is 1. The van der Waals surface area contributed by atoms with Gasteiger partial charge in [0.15, 0.2) is 0 Å². The maximum Gasteiger partial charge on any atom is 0.243 e. The van der Waals surface area contributed by atoms with Crippen molar-refractivity contribution in [1.82, 2.24) is 14.2 Å². The van der Waals surface area contributed by atoms with Gasteiger partial charge in [-0.25, -0.2) is 8.42 Å². The first kappa shape index (κ1) is 21.3. The SMILES string of the molecule is O=C(C1CCCN(S(=O)(=O)c2ccc(Br)cc2)C1)N1CCN(c2ccncc2)CC1. The van der Waals surface area contributed by atoms with Gasteiger partial charge in [-0.3, -0.25) is 9.78 Å². The summed E-state index contributed by atoms with van der Waals surface area (Å²) < 4.78 is 28.3. The maximum atomic E-state index is 13.1. The highest BCUT2D eigenvalue weighted by molar-refractivity contribution is 9.10. The Labute approximate surface area is 185 Å². The van der Waals surface area contributed by atoms with Crippen molar-refractivity contribution in [3.63, 3.8) is 0 Å². The molecule has 0 saturated carbocycles. The van der Waals surface area contributed by atoms with Crippen LogP contribution in [0.1, 0.15) is 12.8 Å². The summed E-state index contributed by atoms with van der Waals surface area (Å²) in [5, 5.41) is 0. The van der Waals surface area contributed by atoms with Crippen molar-refractivity contribution < 1.29 is 13.2 Å². The molecular formula is C21H25BrN4O3S. The van der Waals surface area contributed by atoms with E-state index < -0.39 is 10.0 Å². The third-order valence-corrected chi connectivity index (χ3v) is 8.21. The molecule has 0 aliphatic carbocycles. The monoisotopic (exact) mass is 492 g/mol. The minimum absolute atomic E-state index is 0.0695. The molecule has 0 N–H and O–H groups in total. The van der Waals surface area contributed by atoms with Crippen molar-refractivity contribution in [3.8, 4) is 0 Å². The van der Waals surface area contributed by atoms with Crippen molar-refractivity contribution in [3.05, 3.63) is 53.3 Å². The van der Waals surface area contributed by atoms with Gasteiger partial charge in [-0.2, -0.15) is 4.31 Å². The van der Waals surface area contributed by atoms with E-state index in [0.717, 1.165) is 29.7 Å². The number of hydrogen-bond donors (Lipinski definition) is 0. The first-order valence-corrected chi connectivity index (χ1v) is 12.4.